The molecular weight excluding hydrogens is 413 g/mol. The monoisotopic (exact) mass is 432 g/mol. The van der Waals surface area contributed by atoms with E-state index in [1.165, 1.54) is 17.0 Å². The van der Waals surface area contributed by atoms with Crippen molar-refractivity contribution in [2.24, 2.45) is 5.92 Å². The fraction of sp³-hybridized carbons (Fsp3) is 0.318. The van der Waals surface area contributed by atoms with Crippen molar-refractivity contribution in [2.45, 2.75) is 38.3 Å². The third-order valence-corrected chi connectivity index (χ3v) is 5.58. The van der Waals surface area contributed by atoms with Crippen molar-refractivity contribution in [2.75, 3.05) is 0 Å². The predicted molar refractivity (Wildman–Crippen MR) is 105 cm³/mol. The lowest BCUT2D eigenvalue weighted by atomic mass is 9.87. The van der Waals surface area contributed by atoms with Crippen LogP contribution in [0.15, 0.2) is 41.5 Å². The molecule has 1 aromatic heterocycles. The number of hydrogen-bond acceptors (Lipinski definition) is 4. The number of carboxylic acids is 1. The molecule has 0 atom stereocenters. The maximum absolute atomic E-state index is 14.0. The minimum Gasteiger partial charge on any atom is -0.490 e. The fourth-order valence-corrected chi connectivity index (χ4v) is 3.90. The number of hydrogen-bond donors (Lipinski definition) is 1. The third kappa shape index (κ3) is 4.40. The first-order chi connectivity index (χ1) is 14.8. The van der Waals surface area contributed by atoms with Crippen molar-refractivity contribution in [1.29, 1.82) is 0 Å². The highest BCUT2D eigenvalue weighted by Crippen LogP contribution is 2.29. The van der Waals surface area contributed by atoms with Gasteiger partial charge in [0.25, 0.3) is 5.56 Å². The topological polar surface area (TPSA) is 81.4 Å². The van der Waals surface area contributed by atoms with Crippen molar-refractivity contribution in [3.8, 4) is 5.75 Å². The smallest absolute Gasteiger partial charge is 0.306 e. The molecular formula is C22H19F3N2O4. The van der Waals surface area contributed by atoms with Crippen molar-refractivity contribution < 1.29 is 27.8 Å². The Kier molecular flexibility index (Phi) is 5.67. The van der Waals surface area contributed by atoms with Crippen LogP contribution in [0, 0.1) is 23.4 Å². The average molecular weight is 432 g/mol. The Labute approximate surface area is 174 Å². The molecule has 6 nitrogen and oxygen atoms in total. The summed E-state index contributed by atoms with van der Waals surface area (Å²) in [5, 5.41) is 9.30. The Balaban J connectivity index is 1.59. The van der Waals surface area contributed by atoms with Gasteiger partial charge in [0.05, 0.1) is 35.8 Å². The number of halogens is 3. The Bertz CT molecular complexity index is 1180. The third-order valence-electron chi connectivity index (χ3n) is 5.58. The molecule has 0 bridgehead atoms. The van der Waals surface area contributed by atoms with Gasteiger partial charge in [0, 0.05) is 17.7 Å². The number of rotatable bonds is 5. The summed E-state index contributed by atoms with van der Waals surface area (Å²) in [6.45, 7) is -0.277. The van der Waals surface area contributed by atoms with Gasteiger partial charge >= 0.3 is 5.97 Å². The summed E-state index contributed by atoms with van der Waals surface area (Å²) >= 11 is 0. The van der Waals surface area contributed by atoms with Crippen molar-refractivity contribution in [3.05, 3.63) is 70.0 Å². The molecule has 0 aliphatic heterocycles. The highest BCUT2D eigenvalue weighted by Gasteiger charge is 2.27. The van der Waals surface area contributed by atoms with E-state index in [0.29, 0.717) is 49.1 Å². The van der Waals surface area contributed by atoms with E-state index in [4.69, 9.17) is 9.84 Å². The van der Waals surface area contributed by atoms with Crippen LogP contribution in [0.1, 0.15) is 31.2 Å². The first kappa shape index (κ1) is 20.9. The maximum Gasteiger partial charge on any atom is 0.306 e. The average Bonchev–Trinajstić information content (AvgIpc) is 2.73. The zero-order valence-corrected chi connectivity index (χ0v) is 16.4. The van der Waals surface area contributed by atoms with E-state index in [1.807, 2.05) is 0 Å². The second kappa shape index (κ2) is 8.41. The molecule has 1 saturated carbocycles. The zero-order chi connectivity index (χ0) is 22.1. The van der Waals surface area contributed by atoms with Gasteiger partial charge in [-0.3, -0.25) is 9.59 Å². The first-order valence-corrected chi connectivity index (χ1v) is 9.84. The van der Waals surface area contributed by atoms with E-state index in [0.717, 1.165) is 0 Å². The number of aliphatic carboxylic acids is 1. The van der Waals surface area contributed by atoms with Gasteiger partial charge < -0.3 is 14.4 Å². The van der Waals surface area contributed by atoms with Gasteiger partial charge in [0.2, 0.25) is 0 Å². The van der Waals surface area contributed by atoms with Crippen molar-refractivity contribution in [1.82, 2.24) is 9.55 Å². The summed E-state index contributed by atoms with van der Waals surface area (Å²) in [5.74, 6) is -3.80. The zero-order valence-electron chi connectivity index (χ0n) is 16.4. The molecule has 0 radical (unpaired) electrons. The molecule has 1 fully saturated rings. The summed E-state index contributed by atoms with van der Waals surface area (Å²) in [5.41, 5.74) is -0.472. The van der Waals surface area contributed by atoms with Gasteiger partial charge in [-0.05, 0) is 43.9 Å². The lowest BCUT2D eigenvalue weighted by Gasteiger charge is -2.26. The highest BCUT2D eigenvalue weighted by molar-refractivity contribution is 5.79. The minimum atomic E-state index is -1.03. The van der Waals surface area contributed by atoms with Crippen molar-refractivity contribution >= 4 is 16.9 Å². The summed E-state index contributed by atoms with van der Waals surface area (Å²) in [6.07, 6.45) is 3.26. The van der Waals surface area contributed by atoms with Gasteiger partial charge in [-0.25, -0.2) is 13.2 Å². The molecule has 0 saturated heterocycles. The van der Waals surface area contributed by atoms with Crippen LogP contribution in [0.2, 0.25) is 0 Å². The molecule has 0 spiro atoms. The molecule has 0 unspecified atom stereocenters. The van der Waals surface area contributed by atoms with Crippen LogP contribution in [0.3, 0.4) is 0 Å². The van der Waals surface area contributed by atoms with Crippen LogP contribution in [0.5, 0.6) is 5.75 Å². The molecule has 162 valence electrons. The molecule has 31 heavy (non-hydrogen) atoms. The SMILES string of the molecule is O=c1ncn(Cc2c(F)cc(F)cc2F)c2ccc(O[C@H]3CC[C@H](C(=O)O)CC3)cc12. The van der Waals surface area contributed by atoms with E-state index >= 15 is 0 Å². The quantitative estimate of drug-likeness (QED) is 0.662. The summed E-state index contributed by atoms with van der Waals surface area (Å²) < 4.78 is 48.6. The molecule has 9 heteroatoms. The van der Waals surface area contributed by atoms with Crippen molar-refractivity contribution in [3.63, 3.8) is 0 Å². The van der Waals surface area contributed by atoms with Crippen LogP contribution < -0.4 is 10.3 Å². The number of aromatic nitrogens is 2. The van der Waals surface area contributed by atoms with E-state index in [9.17, 15) is 22.8 Å². The van der Waals surface area contributed by atoms with E-state index in [2.05, 4.69) is 4.98 Å². The number of carboxylic acid groups (broad SMARTS) is 1. The Morgan fingerprint density at radius 2 is 1.77 bits per heavy atom. The van der Waals surface area contributed by atoms with Crippen LogP contribution in [-0.2, 0) is 11.3 Å². The molecule has 0 amide bonds. The Hall–Kier alpha value is -3.36. The number of fused-ring (bicyclic) bond motifs is 1. The first-order valence-electron chi connectivity index (χ1n) is 9.84. The minimum absolute atomic E-state index is 0.158. The van der Waals surface area contributed by atoms with Gasteiger partial charge in [-0.2, -0.15) is 4.98 Å². The highest BCUT2D eigenvalue weighted by atomic mass is 19.1. The fourth-order valence-electron chi connectivity index (χ4n) is 3.90. The van der Waals surface area contributed by atoms with Crippen LogP contribution >= 0.6 is 0 Å². The van der Waals surface area contributed by atoms with E-state index in [-0.39, 0.29) is 29.5 Å². The summed E-state index contributed by atoms with van der Waals surface area (Å²) in [4.78, 5) is 27.1. The Morgan fingerprint density at radius 1 is 1.10 bits per heavy atom. The molecule has 1 N–H and O–H groups in total. The number of carbonyl (C=O) groups is 1. The maximum atomic E-state index is 14.0. The summed E-state index contributed by atoms with van der Waals surface area (Å²) in [7, 11) is 0. The molecule has 1 aliphatic rings. The number of benzene rings is 2. The molecule has 1 aliphatic carbocycles. The largest absolute Gasteiger partial charge is 0.490 e. The summed E-state index contributed by atoms with van der Waals surface area (Å²) in [6, 6.07) is 5.94. The van der Waals surface area contributed by atoms with E-state index in [1.54, 1.807) is 12.1 Å². The van der Waals surface area contributed by atoms with Gasteiger partial charge in [0.1, 0.15) is 23.2 Å². The van der Waals surface area contributed by atoms with Crippen LogP contribution in [-0.4, -0.2) is 26.7 Å². The standard InChI is InChI=1S/C22H19F3N2O4/c23-13-7-18(24)17(19(25)8-13)10-27-11-26-21(28)16-9-15(5-6-20(16)27)31-14-3-1-12(2-4-14)22(29)30/h5-9,11-12,14H,1-4,10H2,(H,29,30)/t12-,14-. The van der Waals surface area contributed by atoms with Gasteiger partial charge in [-0.15, -0.1) is 0 Å². The normalized spacial score (nSPS) is 18.8. The lowest BCUT2D eigenvalue weighted by molar-refractivity contribution is -0.143. The number of nitrogens with zero attached hydrogens (tertiary/aromatic N) is 2. The lowest BCUT2D eigenvalue weighted by Crippen LogP contribution is -2.27. The van der Waals surface area contributed by atoms with E-state index < -0.39 is 29.0 Å². The van der Waals surface area contributed by atoms with Crippen LogP contribution in [0.4, 0.5) is 13.2 Å². The molecule has 1 heterocycles. The second-order valence-electron chi connectivity index (χ2n) is 7.63. The van der Waals surface area contributed by atoms with Gasteiger partial charge in [0.15, 0.2) is 0 Å². The number of ether oxygens (including phenoxy) is 1. The molecule has 3 aromatic rings. The molecule has 4 rings (SSSR count). The second-order valence-corrected chi connectivity index (χ2v) is 7.63. The Morgan fingerprint density at radius 3 is 2.42 bits per heavy atom. The van der Waals surface area contributed by atoms with Crippen LogP contribution in [0.25, 0.3) is 10.9 Å². The molecule has 2 aromatic carbocycles. The predicted octanol–water partition coefficient (Wildman–Crippen LogP) is 3.88. The van der Waals surface area contributed by atoms with Gasteiger partial charge in [-0.1, -0.05) is 0 Å².